The number of carbonyl (C=O) groups excluding carboxylic acids is 2. The second kappa shape index (κ2) is 20.3. The van der Waals surface area contributed by atoms with E-state index in [4.69, 9.17) is 5.11 Å². The van der Waals surface area contributed by atoms with Crippen molar-refractivity contribution < 1.29 is 36.5 Å². The normalized spacial score (nSPS) is 10.4. The third kappa shape index (κ3) is 10.4. The number of aromatic hydroxyl groups is 5. The summed E-state index contributed by atoms with van der Waals surface area (Å²) in [6.45, 7) is 9.31. The van der Waals surface area contributed by atoms with Crippen molar-refractivity contribution in [3.05, 3.63) is 218 Å². The van der Waals surface area contributed by atoms with Crippen LogP contribution in [-0.4, -0.2) is 38.1 Å². The molecule has 7 nitrogen and oxygen atoms in total. The van der Waals surface area contributed by atoms with Gasteiger partial charge in [0.2, 0.25) is 0 Å². The van der Waals surface area contributed by atoms with Crippen LogP contribution in [0.25, 0.3) is 0 Å². The zero-order valence-corrected chi connectivity index (χ0v) is 33.2. The molecule has 302 valence electrons. The minimum Gasteiger partial charge on any atom is -0.508 e. The van der Waals surface area contributed by atoms with Crippen LogP contribution < -0.4 is 0 Å². The van der Waals surface area contributed by atoms with Gasteiger partial charge in [0, 0.05) is 45.2 Å². The predicted molar refractivity (Wildman–Crippen MR) is 238 cm³/mol. The van der Waals surface area contributed by atoms with Gasteiger partial charge < -0.3 is 25.5 Å². The molecule has 7 aromatic carbocycles. The summed E-state index contributed by atoms with van der Waals surface area (Å²) in [4.78, 5) is 20.3. The molecule has 0 radical (unpaired) electrons. The van der Waals surface area contributed by atoms with E-state index < -0.39 is 11.8 Å². The third-order valence-electron chi connectivity index (χ3n) is 10.2. The number of aldehydes is 2. The molecule has 0 atom stereocenters. The van der Waals surface area contributed by atoms with Gasteiger partial charge in [0.05, 0.1) is 0 Å². The van der Waals surface area contributed by atoms with Crippen LogP contribution in [0.1, 0.15) is 103 Å². The molecule has 0 bridgehead atoms. The molecule has 5 N–H and O–H groups in total. The molecule has 0 aliphatic heterocycles. The van der Waals surface area contributed by atoms with Gasteiger partial charge in [-0.15, -0.1) is 0 Å². The van der Waals surface area contributed by atoms with Gasteiger partial charge >= 0.3 is 1.43 Å². The fraction of sp³-hybridized carbons (Fsp3) is 0.154. The average Bonchev–Trinajstić information content (AvgIpc) is 3.23. The van der Waals surface area contributed by atoms with Crippen LogP contribution in [0.3, 0.4) is 0 Å². The lowest BCUT2D eigenvalue weighted by atomic mass is 9.79. The van der Waals surface area contributed by atoms with Crippen molar-refractivity contribution in [2.24, 2.45) is 0 Å². The molecule has 0 heterocycles. The van der Waals surface area contributed by atoms with Crippen LogP contribution in [0.15, 0.2) is 146 Å². The molecular weight excluding hydrogens is 737 g/mol. The maximum atomic E-state index is 11.2. The number of aryl methyl sites for hydroxylation is 5. The summed E-state index contributed by atoms with van der Waals surface area (Å²) >= 11 is 0. The highest BCUT2D eigenvalue weighted by Crippen LogP contribution is 2.46. The molecule has 0 aromatic heterocycles. The first-order chi connectivity index (χ1) is 27.9. The Morgan fingerprint density at radius 3 is 1.00 bits per heavy atom. The Labute approximate surface area is 348 Å². The predicted octanol–water partition coefficient (Wildman–Crippen LogP) is 11.9. The van der Waals surface area contributed by atoms with Crippen LogP contribution >= 0.6 is 0 Å². The summed E-state index contributed by atoms with van der Waals surface area (Å²) in [6, 6.07) is 44.4. The third-order valence-corrected chi connectivity index (χ3v) is 10.2. The van der Waals surface area contributed by atoms with E-state index in [9.17, 15) is 30.0 Å². The maximum absolute atomic E-state index is 11.2. The number of para-hydroxylation sites is 5. The first-order valence-corrected chi connectivity index (χ1v) is 18.8. The summed E-state index contributed by atoms with van der Waals surface area (Å²) in [6.07, 6.45) is 1.43. The van der Waals surface area contributed by atoms with Crippen LogP contribution in [0.2, 0.25) is 0 Å². The zero-order valence-electron chi connectivity index (χ0n) is 34.2. The van der Waals surface area contributed by atoms with Crippen molar-refractivity contribution in [1.82, 2.24) is 0 Å². The van der Waals surface area contributed by atoms with Gasteiger partial charge in [-0.3, -0.25) is 9.59 Å². The number of hydrogen-bond donors (Lipinski definition) is 5. The van der Waals surface area contributed by atoms with Gasteiger partial charge in [0.15, 0.2) is 0 Å². The SMILES string of the molecule is C.Cc1cccc(C(c2cccc(C(c3cccc(C)c3O)c3cccc(C)c3O)c2)c2cccc(C)c2O)c1O.Cc1ccccc1O.O=Cc1cccc(C=O)c1.[H+]. The van der Waals surface area contributed by atoms with Gasteiger partial charge in [0.25, 0.3) is 0 Å². The lowest BCUT2D eigenvalue weighted by Gasteiger charge is -2.26. The highest BCUT2D eigenvalue weighted by molar-refractivity contribution is 5.81. The van der Waals surface area contributed by atoms with Gasteiger partial charge in [0.1, 0.15) is 41.3 Å². The molecule has 0 saturated carbocycles. The first kappa shape index (κ1) is 44.6. The highest BCUT2D eigenvalue weighted by Gasteiger charge is 2.28. The second-order valence-corrected chi connectivity index (χ2v) is 14.3. The molecule has 59 heavy (non-hydrogen) atoms. The minimum atomic E-state index is -0.461. The molecule has 0 aliphatic rings. The van der Waals surface area contributed by atoms with E-state index in [1.165, 1.54) is 0 Å². The second-order valence-electron chi connectivity index (χ2n) is 14.3. The number of phenols is 5. The molecule has 7 rings (SSSR count). The quantitative estimate of drug-likeness (QED) is 0.0764. The lowest BCUT2D eigenvalue weighted by molar-refractivity contribution is 0.112. The molecule has 7 heteroatoms. The monoisotopic (exact) mass is 789 g/mol. The largest absolute Gasteiger partial charge is 1.00 e. The van der Waals surface area contributed by atoms with E-state index in [2.05, 4.69) is 0 Å². The molecule has 0 amide bonds. The van der Waals surface area contributed by atoms with Crippen molar-refractivity contribution in [2.75, 3.05) is 0 Å². The fourth-order valence-corrected chi connectivity index (χ4v) is 6.90. The zero-order chi connectivity index (χ0) is 41.9. The summed E-state index contributed by atoms with van der Waals surface area (Å²) in [7, 11) is 0. The number of phenolic OH excluding ortho intramolecular Hbond substituents is 5. The number of rotatable bonds is 8. The Balaban J connectivity index is 0.000000396. The van der Waals surface area contributed by atoms with E-state index >= 15 is 0 Å². The van der Waals surface area contributed by atoms with Crippen molar-refractivity contribution in [1.29, 1.82) is 0 Å². The average molecular weight is 790 g/mol. The van der Waals surface area contributed by atoms with E-state index in [-0.39, 0.29) is 31.9 Å². The van der Waals surface area contributed by atoms with Gasteiger partial charge in [-0.25, -0.2) is 0 Å². The first-order valence-electron chi connectivity index (χ1n) is 18.8. The molecule has 0 fully saturated rings. The summed E-state index contributed by atoms with van der Waals surface area (Å²) in [5.41, 5.74) is 9.46. The molecule has 0 saturated heterocycles. The number of hydrogen-bond acceptors (Lipinski definition) is 7. The lowest BCUT2D eigenvalue weighted by Crippen LogP contribution is -2.09. The van der Waals surface area contributed by atoms with Gasteiger partial charge in [-0.05, 0) is 85.7 Å². The molecular formula is C52H53O7+. The topological polar surface area (TPSA) is 135 Å². The van der Waals surface area contributed by atoms with Gasteiger partial charge in [-0.1, -0.05) is 141 Å². The summed E-state index contributed by atoms with van der Waals surface area (Å²) < 4.78 is 0. The van der Waals surface area contributed by atoms with Gasteiger partial charge in [-0.2, -0.15) is 0 Å². The Kier molecular flexibility index (Phi) is 15.4. The molecule has 0 aliphatic carbocycles. The summed E-state index contributed by atoms with van der Waals surface area (Å²) in [5.74, 6) is 0.180. The molecule has 7 aromatic rings. The molecule has 0 spiro atoms. The van der Waals surface area contributed by atoms with Crippen LogP contribution in [0.5, 0.6) is 28.7 Å². The van der Waals surface area contributed by atoms with Crippen LogP contribution in [0.4, 0.5) is 0 Å². The Bertz CT molecular complexity index is 2280. The van der Waals surface area contributed by atoms with Crippen LogP contribution in [0, 0.1) is 34.6 Å². The minimum absolute atomic E-state index is 0. The number of benzene rings is 7. The van der Waals surface area contributed by atoms with E-state index in [0.717, 1.165) is 38.9 Å². The van der Waals surface area contributed by atoms with Crippen molar-refractivity contribution in [2.45, 2.75) is 53.9 Å². The van der Waals surface area contributed by atoms with Crippen molar-refractivity contribution in [3.8, 4) is 28.7 Å². The smallest absolute Gasteiger partial charge is 0.508 e. The fourth-order valence-electron chi connectivity index (χ4n) is 6.90. The van der Waals surface area contributed by atoms with E-state index in [0.29, 0.717) is 51.7 Å². The van der Waals surface area contributed by atoms with Crippen molar-refractivity contribution >= 4 is 12.6 Å². The standard InChI is InChI=1S/C36H34O4.C8H6O2.C7H8O.CH4/c1-21-10-5-16-27(33(21)37)31(28-17-6-11-22(2)34(28)38)25-14-9-15-26(20-25)32(29-18-7-12-23(3)35(29)39)30-19-8-13-24(4)36(30)40;9-5-7-2-1-3-8(4-7)6-10;1-6-4-2-3-5-7(6)8;/h5-20,31-32,37-40H,1-4H3;1-6H;2-5,8H,1H3;1H4/p+1. The molecule has 0 unspecified atom stereocenters. The Morgan fingerprint density at radius 2 is 0.695 bits per heavy atom. The van der Waals surface area contributed by atoms with E-state index in [1.807, 2.05) is 150 Å². The van der Waals surface area contributed by atoms with Crippen molar-refractivity contribution in [3.63, 3.8) is 0 Å². The van der Waals surface area contributed by atoms with E-state index in [1.54, 1.807) is 30.3 Å². The highest BCUT2D eigenvalue weighted by atomic mass is 16.3. The Morgan fingerprint density at radius 1 is 0.390 bits per heavy atom. The summed E-state index contributed by atoms with van der Waals surface area (Å²) in [5, 5.41) is 53.6. The number of carbonyl (C=O) groups is 2. The maximum Gasteiger partial charge on any atom is 1.00 e. The van der Waals surface area contributed by atoms with Crippen LogP contribution in [-0.2, 0) is 0 Å². The Hall–Kier alpha value is -7.12.